The number of hydrogen-bond acceptors (Lipinski definition) is 5. The number of benzene rings is 1. The predicted molar refractivity (Wildman–Crippen MR) is 94.5 cm³/mol. The fraction of sp³-hybridized carbons (Fsp3) is 0.312. The fourth-order valence-corrected chi connectivity index (χ4v) is 5.69. The van der Waals surface area contributed by atoms with Gasteiger partial charge in [-0.15, -0.1) is 11.3 Å². The maximum absolute atomic E-state index is 12.6. The SMILES string of the molecule is N#Cc1ccc(CN2CCN(S(=O)(=O)c3ccc(Cl)s3)CC2)cc1. The lowest BCUT2D eigenvalue weighted by Gasteiger charge is -2.33. The van der Waals surface area contributed by atoms with Gasteiger partial charge in [0.05, 0.1) is 16.0 Å². The van der Waals surface area contributed by atoms with Crippen molar-refractivity contribution >= 4 is 33.0 Å². The van der Waals surface area contributed by atoms with E-state index in [-0.39, 0.29) is 0 Å². The Labute approximate surface area is 150 Å². The number of nitriles is 1. The van der Waals surface area contributed by atoms with Gasteiger partial charge in [-0.25, -0.2) is 8.42 Å². The third-order valence-electron chi connectivity index (χ3n) is 3.96. The maximum atomic E-state index is 12.6. The minimum absolute atomic E-state index is 0.299. The minimum atomic E-state index is -3.44. The summed E-state index contributed by atoms with van der Waals surface area (Å²) in [5.74, 6) is 0. The predicted octanol–water partition coefficient (Wildman–Crippen LogP) is 2.78. The lowest BCUT2D eigenvalue weighted by Crippen LogP contribution is -2.48. The van der Waals surface area contributed by atoms with Gasteiger partial charge < -0.3 is 0 Å². The zero-order valence-corrected chi connectivity index (χ0v) is 15.2. The Bertz CT molecular complexity index is 848. The van der Waals surface area contributed by atoms with E-state index in [9.17, 15) is 8.42 Å². The lowest BCUT2D eigenvalue weighted by atomic mass is 10.1. The Balaban J connectivity index is 1.60. The van der Waals surface area contributed by atoms with Crippen LogP contribution in [0.2, 0.25) is 4.34 Å². The van der Waals surface area contributed by atoms with Crippen LogP contribution in [0.5, 0.6) is 0 Å². The number of hydrogen-bond donors (Lipinski definition) is 0. The summed E-state index contributed by atoms with van der Waals surface area (Å²) in [5, 5.41) is 8.82. The summed E-state index contributed by atoms with van der Waals surface area (Å²) >= 11 is 6.94. The molecule has 0 radical (unpaired) electrons. The van der Waals surface area contributed by atoms with Crippen LogP contribution in [0, 0.1) is 11.3 Å². The molecule has 0 amide bonds. The molecule has 2 aromatic rings. The quantitative estimate of drug-likeness (QED) is 0.816. The molecule has 5 nitrogen and oxygen atoms in total. The van der Waals surface area contributed by atoms with E-state index in [0.717, 1.165) is 23.4 Å². The molecule has 0 unspecified atom stereocenters. The zero-order valence-electron chi connectivity index (χ0n) is 12.9. The Hall–Kier alpha value is -1.43. The Morgan fingerprint density at radius 1 is 1.08 bits per heavy atom. The summed E-state index contributed by atoms with van der Waals surface area (Å²) in [6, 6.07) is 12.8. The summed E-state index contributed by atoms with van der Waals surface area (Å²) in [7, 11) is -3.44. The molecule has 1 aromatic heterocycles. The number of piperazine rings is 1. The van der Waals surface area contributed by atoms with Gasteiger partial charge in [-0.3, -0.25) is 4.90 Å². The summed E-state index contributed by atoms with van der Waals surface area (Å²) in [6.45, 7) is 3.05. The largest absolute Gasteiger partial charge is 0.296 e. The van der Waals surface area contributed by atoms with Crippen LogP contribution >= 0.6 is 22.9 Å². The van der Waals surface area contributed by atoms with Gasteiger partial charge in [-0.05, 0) is 29.8 Å². The van der Waals surface area contributed by atoms with Crippen molar-refractivity contribution in [3.8, 4) is 6.07 Å². The molecule has 0 atom stereocenters. The first kappa shape index (κ1) is 17.4. The fourth-order valence-electron chi connectivity index (χ4n) is 2.63. The molecule has 0 saturated carbocycles. The van der Waals surface area contributed by atoms with Crippen LogP contribution in [-0.2, 0) is 16.6 Å². The van der Waals surface area contributed by atoms with E-state index >= 15 is 0 Å². The van der Waals surface area contributed by atoms with Gasteiger partial charge in [0.2, 0.25) is 0 Å². The van der Waals surface area contributed by atoms with Crippen LogP contribution in [0.1, 0.15) is 11.1 Å². The summed E-state index contributed by atoms with van der Waals surface area (Å²) in [5.41, 5.74) is 1.76. The molecule has 1 fully saturated rings. The van der Waals surface area contributed by atoms with Crippen LogP contribution < -0.4 is 0 Å². The zero-order chi connectivity index (χ0) is 17.2. The molecule has 1 aliphatic heterocycles. The first-order valence-electron chi connectivity index (χ1n) is 7.46. The highest BCUT2D eigenvalue weighted by atomic mass is 35.5. The molecule has 24 heavy (non-hydrogen) atoms. The number of halogens is 1. The molecule has 1 saturated heterocycles. The van der Waals surface area contributed by atoms with E-state index in [2.05, 4.69) is 11.0 Å². The molecule has 8 heteroatoms. The second kappa shape index (κ2) is 7.21. The van der Waals surface area contributed by atoms with E-state index in [1.165, 1.54) is 4.31 Å². The second-order valence-electron chi connectivity index (χ2n) is 5.55. The van der Waals surface area contributed by atoms with Crippen molar-refractivity contribution < 1.29 is 8.42 Å². The third kappa shape index (κ3) is 3.79. The van der Waals surface area contributed by atoms with Gasteiger partial charge in [-0.2, -0.15) is 9.57 Å². The molecule has 0 N–H and O–H groups in total. The molecule has 3 rings (SSSR count). The number of nitrogens with zero attached hydrogens (tertiary/aromatic N) is 3. The molecule has 1 aliphatic rings. The standard InChI is InChI=1S/C16H16ClN3O2S2/c17-15-5-6-16(23-15)24(21,22)20-9-7-19(8-10-20)12-14-3-1-13(11-18)2-4-14/h1-6H,7-10,12H2. The average Bonchev–Trinajstić information content (AvgIpc) is 3.03. The number of thiophene rings is 1. The van der Waals surface area contributed by atoms with Crippen LogP contribution in [0.3, 0.4) is 0 Å². The van der Waals surface area contributed by atoms with E-state index in [4.69, 9.17) is 16.9 Å². The van der Waals surface area contributed by atoms with Crippen LogP contribution in [-0.4, -0.2) is 43.8 Å². The lowest BCUT2D eigenvalue weighted by molar-refractivity contribution is 0.182. The Kier molecular flexibility index (Phi) is 5.23. The van der Waals surface area contributed by atoms with Crippen molar-refractivity contribution in [2.75, 3.05) is 26.2 Å². The van der Waals surface area contributed by atoms with Crippen molar-refractivity contribution in [3.63, 3.8) is 0 Å². The third-order valence-corrected chi connectivity index (χ3v) is 7.56. The van der Waals surface area contributed by atoms with Gasteiger partial charge in [0.15, 0.2) is 0 Å². The van der Waals surface area contributed by atoms with E-state index < -0.39 is 10.0 Å². The molecule has 2 heterocycles. The first-order valence-corrected chi connectivity index (χ1v) is 10.1. The molecule has 126 valence electrons. The number of sulfonamides is 1. The van der Waals surface area contributed by atoms with Crippen LogP contribution in [0.4, 0.5) is 0 Å². The molecular formula is C16H16ClN3O2S2. The van der Waals surface area contributed by atoms with Crippen LogP contribution in [0.25, 0.3) is 0 Å². The maximum Gasteiger partial charge on any atom is 0.252 e. The van der Waals surface area contributed by atoms with E-state index in [0.29, 0.717) is 40.3 Å². The molecule has 0 aliphatic carbocycles. The topological polar surface area (TPSA) is 64.4 Å². The molecular weight excluding hydrogens is 366 g/mol. The molecule has 0 bridgehead atoms. The highest BCUT2D eigenvalue weighted by Crippen LogP contribution is 2.28. The average molecular weight is 382 g/mol. The Morgan fingerprint density at radius 3 is 2.29 bits per heavy atom. The summed E-state index contributed by atoms with van der Waals surface area (Å²) in [6.07, 6.45) is 0. The summed E-state index contributed by atoms with van der Waals surface area (Å²) < 4.78 is 27.4. The van der Waals surface area contributed by atoms with Gasteiger partial charge in [-0.1, -0.05) is 23.7 Å². The van der Waals surface area contributed by atoms with Gasteiger partial charge >= 0.3 is 0 Å². The number of rotatable bonds is 4. The monoisotopic (exact) mass is 381 g/mol. The van der Waals surface area contributed by atoms with E-state index in [1.807, 2.05) is 12.1 Å². The molecule has 1 aromatic carbocycles. The van der Waals surface area contributed by atoms with Crippen molar-refractivity contribution in [2.45, 2.75) is 10.8 Å². The van der Waals surface area contributed by atoms with Crippen molar-refractivity contribution in [1.29, 1.82) is 5.26 Å². The van der Waals surface area contributed by atoms with Gasteiger partial charge in [0.25, 0.3) is 10.0 Å². The molecule has 0 spiro atoms. The minimum Gasteiger partial charge on any atom is -0.296 e. The second-order valence-corrected chi connectivity index (χ2v) is 9.43. The normalized spacial score (nSPS) is 16.8. The highest BCUT2D eigenvalue weighted by molar-refractivity contribution is 7.91. The van der Waals surface area contributed by atoms with Gasteiger partial charge in [0, 0.05) is 32.7 Å². The highest BCUT2D eigenvalue weighted by Gasteiger charge is 2.29. The van der Waals surface area contributed by atoms with Crippen molar-refractivity contribution in [1.82, 2.24) is 9.21 Å². The smallest absolute Gasteiger partial charge is 0.252 e. The van der Waals surface area contributed by atoms with E-state index in [1.54, 1.807) is 24.3 Å². The van der Waals surface area contributed by atoms with Crippen molar-refractivity contribution in [2.24, 2.45) is 0 Å². The first-order chi connectivity index (χ1) is 11.5. The van der Waals surface area contributed by atoms with Gasteiger partial charge in [0.1, 0.15) is 4.21 Å². The summed E-state index contributed by atoms with van der Waals surface area (Å²) in [4.78, 5) is 2.22. The van der Waals surface area contributed by atoms with Crippen molar-refractivity contribution in [3.05, 3.63) is 51.9 Å². The Morgan fingerprint density at radius 2 is 1.75 bits per heavy atom. The van der Waals surface area contributed by atoms with Crippen LogP contribution in [0.15, 0.2) is 40.6 Å².